The van der Waals surface area contributed by atoms with Crippen molar-refractivity contribution in [3.8, 4) is 5.75 Å². The molecule has 2 aromatic rings. The lowest BCUT2D eigenvalue weighted by Crippen LogP contribution is -2.10. The number of rotatable bonds is 3. The molecule has 0 fully saturated rings. The predicted octanol–water partition coefficient (Wildman–Crippen LogP) is 3.42. The van der Waals surface area contributed by atoms with Crippen LogP contribution in [-0.4, -0.2) is 10.9 Å². The molecule has 6 heteroatoms. The van der Waals surface area contributed by atoms with Crippen molar-refractivity contribution in [1.29, 1.82) is 0 Å². The van der Waals surface area contributed by atoms with E-state index in [2.05, 4.69) is 0 Å². The van der Waals surface area contributed by atoms with Crippen LogP contribution in [0.1, 0.15) is 10.4 Å². The van der Waals surface area contributed by atoms with Crippen molar-refractivity contribution in [1.82, 2.24) is 0 Å². The van der Waals surface area contributed by atoms with Gasteiger partial charge in [-0.1, -0.05) is 18.2 Å². The van der Waals surface area contributed by atoms with E-state index in [9.17, 15) is 14.9 Å². The monoisotopic (exact) mass is 369 g/mol. The molecule has 0 aromatic heterocycles. The average Bonchev–Trinajstić information content (AvgIpc) is 2.40. The lowest BCUT2D eigenvalue weighted by atomic mass is 10.2. The highest BCUT2D eigenvalue weighted by Crippen LogP contribution is 2.21. The van der Waals surface area contributed by atoms with E-state index in [-0.39, 0.29) is 11.3 Å². The Bertz CT molecular complexity index is 628. The smallest absolute Gasteiger partial charge is 0.344 e. The van der Waals surface area contributed by atoms with Crippen molar-refractivity contribution in [3.05, 3.63) is 67.8 Å². The SMILES string of the molecule is O=C(Oc1ccccc1)c1cc([N+](=O)[O-])ccc1I. The Morgan fingerprint density at radius 3 is 2.47 bits per heavy atom. The number of hydrogen-bond donors (Lipinski definition) is 0. The molecule has 96 valence electrons. The normalized spacial score (nSPS) is 9.95. The molecule has 0 bridgehead atoms. The van der Waals surface area contributed by atoms with Crippen LogP contribution >= 0.6 is 22.6 Å². The summed E-state index contributed by atoms with van der Waals surface area (Å²) in [6.07, 6.45) is 0. The number of carbonyl (C=O) groups is 1. The van der Waals surface area contributed by atoms with Crippen LogP contribution in [0.5, 0.6) is 5.75 Å². The topological polar surface area (TPSA) is 69.4 Å². The molecule has 2 rings (SSSR count). The second-order valence-electron chi connectivity index (χ2n) is 3.62. The maximum absolute atomic E-state index is 12.0. The van der Waals surface area contributed by atoms with E-state index < -0.39 is 10.9 Å². The highest BCUT2D eigenvalue weighted by atomic mass is 127. The third-order valence-corrected chi connectivity index (χ3v) is 3.28. The van der Waals surface area contributed by atoms with E-state index in [1.807, 2.05) is 22.6 Å². The third kappa shape index (κ3) is 3.28. The number of esters is 1. The van der Waals surface area contributed by atoms with Gasteiger partial charge in [0, 0.05) is 15.7 Å². The Balaban J connectivity index is 2.28. The average molecular weight is 369 g/mol. The largest absolute Gasteiger partial charge is 0.423 e. The fourth-order valence-corrected chi connectivity index (χ4v) is 1.99. The van der Waals surface area contributed by atoms with Crippen LogP contribution in [0, 0.1) is 13.7 Å². The van der Waals surface area contributed by atoms with Crippen LogP contribution in [-0.2, 0) is 0 Å². The van der Waals surface area contributed by atoms with Gasteiger partial charge in [-0.3, -0.25) is 10.1 Å². The Morgan fingerprint density at radius 1 is 1.16 bits per heavy atom. The molecule has 0 amide bonds. The molecule has 0 atom stereocenters. The first-order chi connectivity index (χ1) is 9.08. The lowest BCUT2D eigenvalue weighted by molar-refractivity contribution is -0.384. The number of nitro benzene ring substituents is 1. The number of nitro groups is 1. The first-order valence-corrected chi connectivity index (χ1v) is 6.37. The zero-order valence-corrected chi connectivity index (χ0v) is 11.7. The van der Waals surface area contributed by atoms with Crippen molar-refractivity contribution >= 4 is 34.2 Å². The van der Waals surface area contributed by atoms with Crippen molar-refractivity contribution in [2.45, 2.75) is 0 Å². The number of halogens is 1. The Kier molecular flexibility index (Phi) is 4.10. The summed E-state index contributed by atoms with van der Waals surface area (Å²) in [6, 6.07) is 12.6. The summed E-state index contributed by atoms with van der Waals surface area (Å²) in [5.41, 5.74) is 0.0408. The van der Waals surface area contributed by atoms with Crippen LogP contribution in [0.15, 0.2) is 48.5 Å². The zero-order chi connectivity index (χ0) is 13.8. The number of para-hydroxylation sites is 1. The second-order valence-corrected chi connectivity index (χ2v) is 4.79. The molecule has 2 aromatic carbocycles. The molecule has 0 spiro atoms. The van der Waals surface area contributed by atoms with E-state index in [0.29, 0.717) is 9.32 Å². The van der Waals surface area contributed by atoms with Crippen molar-refractivity contribution in [3.63, 3.8) is 0 Å². The van der Waals surface area contributed by atoms with Gasteiger partial charge in [0.25, 0.3) is 5.69 Å². The molecule has 0 radical (unpaired) electrons. The van der Waals surface area contributed by atoms with Gasteiger partial charge >= 0.3 is 5.97 Å². The number of carbonyl (C=O) groups excluding carboxylic acids is 1. The molecule has 19 heavy (non-hydrogen) atoms. The number of non-ortho nitro benzene ring substituents is 1. The molecule has 5 nitrogen and oxygen atoms in total. The van der Waals surface area contributed by atoms with Crippen molar-refractivity contribution in [2.24, 2.45) is 0 Å². The van der Waals surface area contributed by atoms with Crippen LogP contribution < -0.4 is 4.74 Å². The molecule has 0 N–H and O–H groups in total. The maximum atomic E-state index is 12.0. The van der Waals surface area contributed by atoms with Gasteiger partial charge in [-0.2, -0.15) is 0 Å². The number of nitrogens with zero attached hydrogens (tertiary/aromatic N) is 1. The molecular weight excluding hydrogens is 361 g/mol. The van der Waals surface area contributed by atoms with E-state index in [0.717, 1.165) is 0 Å². The molecule has 0 saturated carbocycles. The highest BCUT2D eigenvalue weighted by molar-refractivity contribution is 14.1. The fraction of sp³-hybridized carbons (Fsp3) is 0. The van der Waals surface area contributed by atoms with Gasteiger partial charge in [-0.05, 0) is 40.8 Å². The highest BCUT2D eigenvalue weighted by Gasteiger charge is 2.17. The van der Waals surface area contributed by atoms with Gasteiger partial charge in [-0.25, -0.2) is 4.79 Å². The molecule has 0 aliphatic carbocycles. The number of ether oxygens (including phenoxy) is 1. The quantitative estimate of drug-likeness (QED) is 0.273. The molecular formula is C13H8INO4. The van der Waals surface area contributed by atoms with Gasteiger partial charge in [0.2, 0.25) is 0 Å². The van der Waals surface area contributed by atoms with Crippen LogP contribution in [0.3, 0.4) is 0 Å². The van der Waals surface area contributed by atoms with Crippen molar-refractivity contribution < 1.29 is 14.5 Å². The zero-order valence-electron chi connectivity index (χ0n) is 9.58. The van der Waals surface area contributed by atoms with E-state index >= 15 is 0 Å². The van der Waals surface area contributed by atoms with Gasteiger partial charge < -0.3 is 4.74 Å². The predicted molar refractivity (Wildman–Crippen MR) is 77.2 cm³/mol. The standard InChI is InChI=1S/C13H8INO4/c14-12-7-6-9(15(17)18)8-11(12)13(16)19-10-4-2-1-3-5-10/h1-8H. The van der Waals surface area contributed by atoms with Gasteiger partial charge in [0.1, 0.15) is 5.75 Å². The summed E-state index contributed by atoms with van der Waals surface area (Å²) >= 11 is 1.93. The summed E-state index contributed by atoms with van der Waals surface area (Å²) in [7, 11) is 0. The minimum atomic E-state index is -0.612. The third-order valence-electron chi connectivity index (χ3n) is 2.33. The molecule has 0 unspecified atom stereocenters. The summed E-state index contributed by atoms with van der Waals surface area (Å²) in [5.74, 6) is -0.214. The maximum Gasteiger partial charge on any atom is 0.344 e. The Morgan fingerprint density at radius 2 is 1.84 bits per heavy atom. The van der Waals surface area contributed by atoms with E-state index in [4.69, 9.17) is 4.74 Å². The van der Waals surface area contributed by atoms with Crippen molar-refractivity contribution in [2.75, 3.05) is 0 Å². The Labute approximate surface area is 122 Å². The van der Waals surface area contributed by atoms with Crippen LogP contribution in [0.25, 0.3) is 0 Å². The summed E-state index contributed by atoms with van der Waals surface area (Å²) in [6.45, 7) is 0. The summed E-state index contributed by atoms with van der Waals surface area (Å²) < 4.78 is 5.75. The van der Waals surface area contributed by atoms with Crippen LogP contribution in [0.2, 0.25) is 0 Å². The van der Waals surface area contributed by atoms with Gasteiger partial charge in [0.15, 0.2) is 0 Å². The minimum absolute atomic E-state index is 0.138. The minimum Gasteiger partial charge on any atom is -0.423 e. The van der Waals surface area contributed by atoms with E-state index in [1.54, 1.807) is 30.3 Å². The van der Waals surface area contributed by atoms with Crippen LogP contribution in [0.4, 0.5) is 5.69 Å². The summed E-state index contributed by atoms with van der Waals surface area (Å²) in [5, 5.41) is 10.7. The Hall–Kier alpha value is -1.96. The molecule has 0 aliphatic rings. The molecule has 0 saturated heterocycles. The van der Waals surface area contributed by atoms with Gasteiger partial charge in [-0.15, -0.1) is 0 Å². The second kappa shape index (κ2) is 5.79. The molecule has 0 aliphatic heterocycles. The number of benzene rings is 2. The number of hydrogen-bond acceptors (Lipinski definition) is 4. The fourth-order valence-electron chi connectivity index (χ4n) is 1.43. The lowest BCUT2D eigenvalue weighted by Gasteiger charge is -2.05. The first-order valence-electron chi connectivity index (χ1n) is 5.29. The molecule has 0 heterocycles. The first kappa shape index (κ1) is 13.5. The summed E-state index contributed by atoms with van der Waals surface area (Å²) in [4.78, 5) is 22.1. The van der Waals surface area contributed by atoms with E-state index in [1.165, 1.54) is 18.2 Å². The van der Waals surface area contributed by atoms with Gasteiger partial charge in [0.05, 0.1) is 10.5 Å².